The highest BCUT2D eigenvalue weighted by molar-refractivity contribution is 7.17. The Bertz CT molecular complexity index is 1030. The number of ether oxygens (including phenoxy) is 1. The summed E-state index contributed by atoms with van der Waals surface area (Å²) in [5.74, 6) is 0. The van der Waals surface area contributed by atoms with Gasteiger partial charge in [0, 0.05) is 21.6 Å². The van der Waals surface area contributed by atoms with Gasteiger partial charge in [0.25, 0.3) is 0 Å². The van der Waals surface area contributed by atoms with Gasteiger partial charge in [-0.25, -0.2) is 9.59 Å². The number of carbonyl (C=O) groups is 3. The van der Waals surface area contributed by atoms with Crippen molar-refractivity contribution < 1.29 is 19.1 Å². The Labute approximate surface area is 189 Å². The lowest BCUT2D eigenvalue weighted by Gasteiger charge is -2.36. The number of anilines is 2. The Kier molecular flexibility index (Phi) is 5.70. The van der Waals surface area contributed by atoms with Crippen LogP contribution >= 0.6 is 22.9 Å². The van der Waals surface area contributed by atoms with Crippen LogP contribution in [0.4, 0.5) is 20.3 Å². The lowest BCUT2D eigenvalue weighted by Crippen LogP contribution is -2.44. The van der Waals surface area contributed by atoms with E-state index in [1.165, 1.54) is 11.3 Å². The lowest BCUT2D eigenvalue weighted by atomic mass is 9.98. The van der Waals surface area contributed by atoms with E-state index in [1.54, 1.807) is 29.2 Å². The number of benzene rings is 1. The molecule has 7 nitrogen and oxygen atoms in total. The molecule has 2 N–H and O–H groups in total. The summed E-state index contributed by atoms with van der Waals surface area (Å²) in [5.41, 5.74) is 1.43. The van der Waals surface area contributed by atoms with Crippen molar-refractivity contribution in [3.8, 4) is 0 Å². The first kappa shape index (κ1) is 21.6. The van der Waals surface area contributed by atoms with Gasteiger partial charge in [-0.15, -0.1) is 11.3 Å². The van der Waals surface area contributed by atoms with Gasteiger partial charge in [-0.2, -0.15) is 0 Å². The molecule has 1 aromatic carbocycles. The van der Waals surface area contributed by atoms with E-state index < -0.39 is 11.6 Å². The van der Waals surface area contributed by atoms with Crippen LogP contribution in [0.3, 0.4) is 0 Å². The fourth-order valence-corrected chi connectivity index (χ4v) is 5.61. The minimum absolute atomic E-state index is 0.00334. The number of rotatable bonds is 3. The summed E-state index contributed by atoms with van der Waals surface area (Å²) in [7, 11) is 0. The van der Waals surface area contributed by atoms with Gasteiger partial charge in [-0.1, -0.05) is 11.6 Å². The molecule has 2 bridgehead atoms. The molecule has 9 heteroatoms. The zero-order chi connectivity index (χ0) is 22.3. The maximum absolute atomic E-state index is 12.8. The van der Waals surface area contributed by atoms with Crippen LogP contribution in [0.15, 0.2) is 24.3 Å². The molecule has 2 atom stereocenters. The smallest absolute Gasteiger partial charge is 0.411 e. The Morgan fingerprint density at radius 2 is 1.90 bits per heavy atom. The number of thiophene rings is 1. The molecule has 31 heavy (non-hydrogen) atoms. The van der Waals surface area contributed by atoms with Crippen molar-refractivity contribution in [3.05, 3.63) is 45.3 Å². The van der Waals surface area contributed by atoms with E-state index in [4.69, 9.17) is 16.3 Å². The summed E-state index contributed by atoms with van der Waals surface area (Å²) in [6.45, 7) is 5.54. The number of urea groups is 1. The largest absolute Gasteiger partial charge is 0.444 e. The highest BCUT2D eigenvalue weighted by atomic mass is 35.5. The number of nitrogens with zero attached hydrogens (tertiary/aromatic N) is 1. The summed E-state index contributed by atoms with van der Waals surface area (Å²) in [6, 6.07) is 6.16. The van der Waals surface area contributed by atoms with Gasteiger partial charge in [0.2, 0.25) is 0 Å². The van der Waals surface area contributed by atoms with Gasteiger partial charge in [0.1, 0.15) is 10.6 Å². The molecule has 3 amide bonds. The topological polar surface area (TPSA) is 87.7 Å². The van der Waals surface area contributed by atoms with Crippen molar-refractivity contribution in [1.29, 1.82) is 0 Å². The molecular formula is C22H24ClN3O4S. The standard InChI is InChI=1S/C22H24ClN3O4S/c1-22(2,3)30-21(29)26-14-8-9-17(26)18-15(10-14)16(11-27)19(31-18)25-20(28)24-13-6-4-12(23)5-7-13/h4-7,11,14,17H,8-10H2,1-3H3,(H2,24,25,28). The number of fused-ring (bicyclic) bond motifs is 4. The first-order valence-electron chi connectivity index (χ1n) is 10.1. The maximum Gasteiger partial charge on any atom is 0.411 e. The quantitative estimate of drug-likeness (QED) is 0.561. The fourth-order valence-electron chi connectivity index (χ4n) is 4.16. The minimum atomic E-state index is -0.577. The number of hydrogen-bond acceptors (Lipinski definition) is 5. The van der Waals surface area contributed by atoms with Gasteiger partial charge in [0.15, 0.2) is 6.29 Å². The van der Waals surface area contributed by atoms with Crippen molar-refractivity contribution in [2.75, 3.05) is 10.6 Å². The third kappa shape index (κ3) is 4.41. The van der Waals surface area contributed by atoms with Crippen molar-refractivity contribution in [3.63, 3.8) is 0 Å². The normalized spacial score (nSPS) is 19.5. The van der Waals surface area contributed by atoms with Crippen LogP contribution < -0.4 is 10.6 Å². The summed E-state index contributed by atoms with van der Waals surface area (Å²) in [5, 5.41) is 6.59. The molecule has 164 valence electrons. The lowest BCUT2D eigenvalue weighted by molar-refractivity contribution is 0.0129. The summed E-state index contributed by atoms with van der Waals surface area (Å²) < 4.78 is 5.61. The van der Waals surface area contributed by atoms with Crippen molar-refractivity contribution >= 4 is 52.0 Å². The fraction of sp³-hybridized carbons (Fsp3) is 0.409. The molecule has 2 aromatic rings. The molecule has 0 aliphatic carbocycles. The molecule has 4 rings (SSSR count). The molecular weight excluding hydrogens is 438 g/mol. The molecule has 1 aromatic heterocycles. The molecule has 1 fully saturated rings. The Hall–Kier alpha value is -2.58. The molecule has 2 aliphatic heterocycles. The van der Waals surface area contributed by atoms with E-state index in [1.807, 2.05) is 20.8 Å². The van der Waals surface area contributed by atoms with Gasteiger partial charge in [-0.3, -0.25) is 15.0 Å². The van der Waals surface area contributed by atoms with E-state index in [-0.39, 0.29) is 18.2 Å². The van der Waals surface area contributed by atoms with Crippen LogP contribution in [-0.4, -0.2) is 35.0 Å². The zero-order valence-electron chi connectivity index (χ0n) is 17.5. The molecule has 1 saturated heterocycles. The number of amides is 3. The molecule has 0 saturated carbocycles. The summed E-state index contributed by atoms with van der Waals surface area (Å²) in [4.78, 5) is 39.9. The number of carbonyl (C=O) groups excluding carboxylic acids is 3. The molecule has 2 unspecified atom stereocenters. The molecule has 3 heterocycles. The predicted molar refractivity (Wildman–Crippen MR) is 121 cm³/mol. The van der Waals surface area contributed by atoms with Gasteiger partial charge in [-0.05, 0) is 69.9 Å². The summed E-state index contributed by atoms with van der Waals surface area (Å²) in [6.07, 6.45) is 2.71. The molecule has 0 spiro atoms. The van der Waals surface area contributed by atoms with E-state index in [2.05, 4.69) is 10.6 Å². The van der Waals surface area contributed by atoms with Crippen molar-refractivity contribution in [2.45, 2.75) is 57.7 Å². The first-order valence-corrected chi connectivity index (χ1v) is 11.3. The number of nitrogens with one attached hydrogen (secondary N) is 2. The van der Waals surface area contributed by atoms with E-state index in [0.717, 1.165) is 29.6 Å². The summed E-state index contributed by atoms with van der Waals surface area (Å²) >= 11 is 7.23. The van der Waals surface area contributed by atoms with Crippen LogP contribution in [-0.2, 0) is 11.2 Å². The average Bonchev–Trinajstić information content (AvgIpc) is 3.19. The highest BCUT2D eigenvalue weighted by Crippen LogP contribution is 2.50. The van der Waals surface area contributed by atoms with Crippen LogP contribution in [0.2, 0.25) is 5.02 Å². The molecule has 2 aliphatic rings. The van der Waals surface area contributed by atoms with Gasteiger partial charge >= 0.3 is 12.1 Å². The number of aldehydes is 1. The van der Waals surface area contributed by atoms with Crippen LogP contribution in [0.5, 0.6) is 0 Å². The number of halogens is 1. The average molecular weight is 462 g/mol. The highest BCUT2D eigenvalue weighted by Gasteiger charge is 2.46. The van der Waals surface area contributed by atoms with Gasteiger partial charge in [0.05, 0.1) is 11.6 Å². The van der Waals surface area contributed by atoms with E-state index in [0.29, 0.717) is 27.7 Å². The second kappa shape index (κ2) is 8.16. The SMILES string of the molecule is CC(C)(C)OC(=O)N1C2CCC1c1sc(NC(=O)Nc3ccc(Cl)cc3)c(C=O)c1C2. The minimum Gasteiger partial charge on any atom is -0.444 e. The Balaban J connectivity index is 1.56. The van der Waals surface area contributed by atoms with Crippen LogP contribution in [0.25, 0.3) is 0 Å². The van der Waals surface area contributed by atoms with Crippen LogP contribution in [0, 0.1) is 0 Å². The second-order valence-corrected chi connectivity index (χ2v) is 10.2. The van der Waals surface area contributed by atoms with Gasteiger partial charge < -0.3 is 10.1 Å². The Morgan fingerprint density at radius 3 is 2.55 bits per heavy atom. The maximum atomic E-state index is 12.8. The van der Waals surface area contributed by atoms with Crippen LogP contribution in [0.1, 0.15) is 60.5 Å². The molecule has 0 radical (unpaired) electrons. The third-order valence-corrected chi connectivity index (χ3v) is 6.89. The van der Waals surface area contributed by atoms with Crippen molar-refractivity contribution in [2.24, 2.45) is 0 Å². The number of hydrogen-bond donors (Lipinski definition) is 2. The Morgan fingerprint density at radius 1 is 1.19 bits per heavy atom. The monoisotopic (exact) mass is 461 g/mol. The van der Waals surface area contributed by atoms with Crippen molar-refractivity contribution in [1.82, 2.24) is 4.90 Å². The van der Waals surface area contributed by atoms with E-state index >= 15 is 0 Å². The van der Waals surface area contributed by atoms with E-state index in [9.17, 15) is 14.4 Å². The predicted octanol–water partition coefficient (Wildman–Crippen LogP) is 5.85. The first-order chi connectivity index (χ1) is 14.7. The zero-order valence-corrected chi connectivity index (χ0v) is 19.1. The third-order valence-electron chi connectivity index (χ3n) is 5.38. The second-order valence-electron chi connectivity index (χ2n) is 8.73.